The molecule has 1 aliphatic carbocycles. The van der Waals surface area contributed by atoms with Gasteiger partial charge in [0, 0.05) is 7.11 Å². The van der Waals surface area contributed by atoms with Crippen LogP contribution in [0.2, 0.25) is 0 Å². The summed E-state index contributed by atoms with van der Waals surface area (Å²) in [4.78, 5) is 17.2. The van der Waals surface area contributed by atoms with Crippen molar-refractivity contribution in [2.75, 3.05) is 20.1 Å². The van der Waals surface area contributed by atoms with Gasteiger partial charge in [-0.25, -0.2) is 0 Å². The minimum absolute atomic E-state index is 0.00230. The maximum atomic E-state index is 8.61. The highest BCUT2D eigenvalue weighted by Gasteiger charge is 1.98. The molecule has 0 spiro atoms. The number of rotatable bonds is 6. The van der Waals surface area contributed by atoms with Crippen molar-refractivity contribution < 1.29 is 19.6 Å². The molecule has 0 bridgehead atoms. The predicted octanol–water partition coefficient (Wildman–Crippen LogP) is 7.84. The molecule has 0 aromatic heterocycles. The third-order valence-corrected chi connectivity index (χ3v) is 4.33. The van der Waals surface area contributed by atoms with Crippen molar-refractivity contribution in [2.45, 2.75) is 88.0 Å². The summed E-state index contributed by atoms with van der Waals surface area (Å²) >= 11 is 0. The molecule has 0 amide bonds. The van der Waals surface area contributed by atoms with Gasteiger partial charge in [0.2, 0.25) is 0 Å². The lowest BCUT2D eigenvalue weighted by molar-refractivity contribution is 0.198. The summed E-state index contributed by atoms with van der Waals surface area (Å²) in [5.74, 6) is 0. The van der Waals surface area contributed by atoms with Gasteiger partial charge in [-0.15, -0.1) is 0 Å². The van der Waals surface area contributed by atoms with Gasteiger partial charge in [0.15, 0.2) is 8.38 Å². The molecule has 5 heteroatoms. The zero-order chi connectivity index (χ0) is 25.2. The average Bonchev–Trinajstić information content (AvgIpc) is 2.96. The fraction of sp³-hybridized carbons (Fsp3) is 0.615. The first-order valence-electron chi connectivity index (χ1n) is 11.2. The fourth-order valence-electron chi connectivity index (χ4n) is 2.17. The second-order valence-electron chi connectivity index (χ2n) is 6.81. The van der Waals surface area contributed by atoms with Gasteiger partial charge < -0.3 is 19.6 Å². The zero-order valence-corrected chi connectivity index (χ0v) is 22.9. The Kier molecular flexibility index (Phi) is 34.9. The summed E-state index contributed by atoms with van der Waals surface area (Å²) in [5.41, 5.74) is 6.39. The van der Waals surface area contributed by atoms with E-state index >= 15 is 0 Å². The van der Waals surface area contributed by atoms with Crippen LogP contribution in [0.3, 0.4) is 0 Å². The molecule has 0 saturated carbocycles. The van der Waals surface area contributed by atoms with E-state index in [0.29, 0.717) is 6.61 Å². The zero-order valence-electron chi connectivity index (χ0n) is 22.0. The standard InChI is InChI=1S/C11H19O3P.C9H14.C3H8.C2H6.CH4O/c1-5-9(2)11(4)10(3)6-7-14-8-15(12)13;1-8-5-3-4-6-9(2)7-8;1-3-2;2*1-2/h5-6,12-13H,1,7-8H2,2-4H3;5,7H,3-4,6H2,1-2H3;3H2,1-2H3;1-2H3;2H,1H3/b10-6-,11-9-;;;;. The molecule has 0 unspecified atom stereocenters. The van der Waals surface area contributed by atoms with Crippen molar-refractivity contribution in [1.82, 2.24) is 0 Å². The van der Waals surface area contributed by atoms with Crippen LogP contribution in [-0.4, -0.2) is 35.0 Å². The van der Waals surface area contributed by atoms with Crippen molar-refractivity contribution in [1.29, 1.82) is 0 Å². The normalized spacial score (nSPS) is 13.7. The summed E-state index contributed by atoms with van der Waals surface area (Å²) < 4.78 is 5.03. The molecule has 4 nitrogen and oxygen atoms in total. The summed E-state index contributed by atoms with van der Waals surface area (Å²) in [6.07, 6.45) is 13.5. The summed E-state index contributed by atoms with van der Waals surface area (Å²) in [6, 6.07) is 0. The van der Waals surface area contributed by atoms with E-state index in [0.717, 1.165) is 18.3 Å². The van der Waals surface area contributed by atoms with Crippen LogP contribution < -0.4 is 0 Å². The molecule has 0 atom stereocenters. The van der Waals surface area contributed by atoms with E-state index in [2.05, 4.69) is 46.4 Å². The van der Waals surface area contributed by atoms with E-state index in [1.165, 1.54) is 42.4 Å². The van der Waals surface area contributed by atoms with Crippen LogP contribution >= 0.6 is 8.38 Å². The number of hydrogen-bond acceptors (Lipinski definition) is 4. The Hall–Kier alpha value is -1.03. The minimum atomic E-state index is -1.94. The van der Waals surface area contributed by atoms with E-state index < -0.39 is 8.38 Å². The first kappa shape index (κ1) is 37.3. The summed E-state index contributed by atoms with van der Waals surface area (Å²) in [6.45, 7) is 22.8. The predicted molar refractivity (Wildman–Crippen MR) is 141 cm³/mol. The lowest BCUT2D eigenvalue weighted by atomic mass is 10.0. The van der Waals surface area contributed by atoms with Crippen molar-refractivity contribution >= 4 is 8.38 Å². The molecule has 3 N–H and O–H groups in total. The quantitative estimate of drug-likeness (QED) is 0.215. The van der Waals surface area contributed by atoms with E-state index in [-0.39, 0.29) is 6.35 Å². The van der Waals surface area contributed by atoms with E-state index in [1.54, 1.807) is 0 Å². The monoisotopic (exact) mass is 458 g/mol. The molecule has 184 valence electrons. The highest BCUT2D eigenvalue weighted by atomic mass is 31.2. The van der Waals surface area contributed by atoms with Crippen molar-refractivity contribution in [2.24, 2.45) is 0 Å². The largest absolute Gasteiger partial charge is 0.400 e. The van der Waals surface area contributed by atoms with Crippen molar-refractivity contribution in [3.8, 4) is 0 Å². The van der Waals surface area contributed by atoms with Crippen molar-refractivity contribution in [3.05, 3.63) is 58.7 Å². The van der Waals surface area contributed by atoms with Crippen molar-refractivity contribution in [3.63, 3.8) is 0 Å². The Morgan fingerprint density at radius 2 is 1.65 bits per heavy atom. The number of allylic oxidation sites excluding steroid dienone is 8. The van der Waals surface area contributed by atoms with Gasteiger partial charge in [-0.1, -0.05) is 76.1 Å². The number of aliphatic hydroxyl groups excluding tert-OH is 1. The van der Waals surface area contributed by atoms with Gasteiger partial charge in [-0.05, 0) is 70.6 Å². The molecule has 0 fully saturated rings. The molecular formula is C26H51O4P. The maximum Gasteiger partial charge on any atom is 0.192 e. The molecular weight excluding hydrogens is 407 g/mol. The Bertz CT molecular complexity index is 530. The smallest absolute Gasteiger partial charge is 0.192 e. The first-order chi connectivity index (χ1) is 14.7. The lowest BCUT2D eigenvalue weighted by Crippen LogP contribution is -1.94. The maximum absolute atomic E-state index is 8.61. The fourth-order valence-corrected chi connectivity index (χ4v) is 2.43. The molecule has 0 aliphatic heterocycles. The lowest BCUT2D eigenvalue weighted by Gasteiger charge is -2.06. The van der Waals surface area contributed by atoms with Crippen LogP contribution in [0.25, 0.3) is 0 Å². The molecule has 0 saturated heterocycles. The minimum Gasteiger partial charge on any atom is -0.400 e. The second-order valence-corrected chi connectivity index (χ2v) is 7.81. The van der Waals surface area contributed by atoms with Gasteiger partial charge in [0.05, 0.1) is 6.61 Å². The summed E-state index contributed by atoms with van der Waals surface area (Å²) in [5, 5.41) is 7.00. The molecule has 0 radical (unpaired) electrons. The number of aliphatic hydroxyl groups is 1. The molecule has 0 heterocycles. The third-order valence-electron chi connectivity index (χ3n) is 3.92. The number of hydrogen-bond donors (Lipinski definition) is 3. The van der Waals surface area contributed by atoms with Gasteiger partial charge in [0.1, 0.15) is 6.35 Å². The SMILES string of the molecule is C=C/C(C)=C(C)\C(C)=C/COCP(O)O.CC.CC1=CCCCC(C)=C1.CCC.CO. The van der Waals surface area contributed by atoms with E-state index in [4.69, 9.17) is 19.6 Å². The Labute approximate surface area is 195 Å². The van der Waals surface area contributed by atoms with E-state index in [9.17, 15) is 0 Å². The Morgan fingerprint density at radius 3 is 2.10 bits per heavy atom. The highest BCUT2D eigenvalue weighted by molar-refractivity contribution is 7.44. The number of ether oxygens (including phenoxy) is 1. The highest BCUT2D eigenvalue weighted by Crippen LogP contribution is 2.22. The Morgan fingerprint density at radius 1 is 1.13 bits per heavy atom. The van der Waals surface area contributed by atoms with Crippen LogP contribution in [0, 0.1) is 0 Å². The van der Waals surface area contributed by atoms with Crippen LogP contribution in [0.15, 0.2) is 58.7 Å². The summed E-state index contributed by atoms with van der Waals surface area (Å²) in [7, 11) is -0.942. The van der Waals surface area contributed by atoms with Crippen LogP contribution in [0.4, 0.5) is 0 Å². The molecule has 0 aromatic carbocycles. The molecule has 31 heavy (non-hydrogen) atoms. The molecule has 1 aliphatic rings. The topological polar surface area (TPSA) is 69.9 Å². The van der Waals surface area contributed by atoms with Gasteiger partial charge >= 0.3 is 0 Å². The van der Waals surface area contributed by atoms with Gasteiger partial charge in [-0.3, -0.25) is 0 Å². The van der Waals surface area contributed by atoms with Crippen LogP contribution in [0.5, 0.6) is 0 Å². The second kappa shape index (κ2) is 29.0. The van der Waals surface area contributed by atoms with Crippen LogP contribution in [-0.2, 0) is 4.74 Å². The third kappa shape index (κ3) is 29.0. The Balaban J connectivity index is -0.000000192. The van der Waals surface area contributed by atoms with E-state index in [1.807, 2.05) is 46.8 Å². The van der Waals surface area contributed by atoms with Gasteiger partial charge in [0.25, 0.3) is 0 Å². The molecule has 0 aromatic rings. The first-order valence-corrected chi connectivity index (χ1v) is 12.6. The van der Waals surface area contributed by atoms with Crippen LogP contribution in [0.1, 0.15) is 88.0 Å². The molecule has 1 rings (SSSR count). The van der Waals surface area contributed by atoms with Gasteiger partial charge in [-0.2, -0.15) is 0 Å². The average molecular weight is 459 g/mol.